The third-order valence-electron chi connectivity index (χ3n) is 3.15. The molecule has 0 fully saturated rings. The van der Waals surface area contributed by atoms with Gasteiger partial charge in [-0.3, -0.25) is 4.79 Å². The van der Waals surface area contributed by atoms with Crippen LogP contribution in [0.2, 0.25) is 0 Å². The lowest BCUT2D eigenvalue weighted by Crippen LogP contribution is -2.37. The molecule has 0 saturated heterocycles. The van der Waals surface area contributed by atoms with E-state index in [1.54, 1.807) is 29.2 Å². The zero-order valence-corrected chi connectivity index (χ0v) is 13.9. The SMILES string of the molecule is CCCN(CCC)C(=O)CS(=O)(=O)Cc1ccc(C#N)cc1. The Labute approximate surface area is 132 Å². The Morgan fingerprint density at radius 1 is 1.14 bits per heavy atom. The summed E-state index contributed by atoms with van der Waals surface area (Å²) in [4.78, 5) is 13.7. The van der Waals surface area contributed by atoms with Gasteiger partial charge in [0.2, 0.25) is 5.91 Å². The van der Waals surface area contributed by atoms with Gasteiger partial charge in [-0.25, -0.2) is 8.42 Å². The molecule has 22 heavy (non-hydrogen) atoms. The van der Waals surface area contributed by atoms with E-state index in [0.29, 0.717) is 24.2 Å². The van der Waals surface area contributed by atoms with Crippen LogP contribution in [0, 0.1) is 11.3 Å². The van der Waals surface area contributed by atoms with Crippen LogP contribution in [0.4, 0.5) is 0 Å². The Morgan fingerprint density at radius 3 is 2.14 bits per heavy atom. The van der Waals surface area contributed by atoms with Gasteiger partial charge in [0, 0.05) is 13.1 Å². The van der Waals surface area contributed by atoms with Crippen LogP contribution in [0.25, 0.3) is 0 Å². The molecule has 120 valence electrons. The van der Waals surface area contributed by atoms with Crippen molar-refractivity contribution in [2.24, 2.45) is 0 Å². The van der Waals surface area contributed by atoms with Crippen LogP contribution < -0.4 is 0 Å². The highest BCUT2D eigenvalue weighted by Gasteiger charge is 2.21. The number of carbonyl (C=O) groups excluding carboxylic acids is 1. The number of benzene rings is 1. The highest BCUT2D eigenvalue weighted by Crippen LogP contribution is 2.10. The number of nitriles is 1. The van der Waals surface area contributed by atoms with E-state index < -0.39 is 15.6 Å². The number of nitrogens with zero attached hydrogens (tertiary/aromatic N) is 2. The van der Waals surface area contributed by atoms with Crippen LogP contribution in [-0.4, -0.2) is 38.1 Å². The molecule has 0 N–H and O–H groups in total. The first-order valence-corrected chi connectivity index (χ1v) is 9.21. The molecule has 1 aromatic rings. The molecule has 1 amide bonds. The van der Waals surface area contributed by atoms with Gasteiger partial charge in [-0.2, -0.15) is 5.26 Å². The van der Waals surface area contributed by atoms with Crippen molar-refractivity contribution in [3.05, 3.63) is 35.4 Å². The number of hydrogen-bond donors (Lipinski definition) is 0. The average Bonchev–Trinajstić information content (AvgIpc) is 2.47. The Kier molecular flexibility index (Phi) is 7.06. The first kappa shape index (κ1) is 18.2. The topological polar surface area (TPSA) is 78.2 Å². The summed E-state index contributed by atoms with van der Waals surface area (Å²) < 4.78 is 24.3. The summed E-state index contributed by atoms with van der Waals surface area (Å²) in [6, 6.07) is 8.35. The smallest absolute Gasteiger partial charge is 0.237 e. The Balaban J connectivity index is 2.73. The first-order chi connectivity index (χ1) is 10.4. The molecule has 1 rings (SSSR count). The number of rotatable bonds is 8. The molecule has 6 heteroatoms. The fraction of sp³-hybridized carbons (Fsp3) is 0.500. The van der Waals surface area contributed by atoms with Crippen LogP contribution in [0.5, 0.6) is 0 Å². The van der Waals surface area contributed by atoms with E-state index in [2.05, 4.69) is 0 Å². The minimum absolute atomic E-state index is 0.184. The molecular weight excluding hydrogens is 300 g/mol. The van der Waals surface area contributed by atoms with Crippen molar-refractivity contribution in [3.63, 3.8) is 0 Å². The van der Waals surface area contributed by atoms with Crippen LogP contribution in [0.1, 0.15) is 37.8 Å². The van der Waals surface area contributed by atoms with Crippen LogP contribution in [0.3, 0.4) is 0 Å². The Morgan fingerprint density at radius 2 is 1.68 bits per heavy atom. The second kappa shape index (κ2) is 8.54. The molecule has 1 aromatic carbocycles. The van der Waals surface area contributed by atoms with Crippen molar-refractivity contribution in [2.75, 3.05) is 18.8 Å². The van der Waals surface area contributed by atoms with Gasteiger partial charge in [-0.05, 0) is 30.5 Å². The molecule has 0 unspecified atom stereocenters. The molecule has 0 radical (unpaired) electrons. The highest BCUT2D eigenvalue weighted by molar-refractivity contribution is 7.91. The third kappa shape index (κ3) is 5.86. The number of carbonyl (C=O) groups is 1. The van der Waals surface area contributed by atoms with Crippen LogP contribution in [0.15, 0.2) is 24.3 Å². The summed E-state index contributed by atoms with van der Waals surface area (Å²) in [6.07, 6.45) is 1.61. The standard InChI is InChI=1S/C16H22N2O3S/c1-3-9-18(10-4-2)16(19)13-22(20,21)12-15-7-5-14(11-17)6-8-15/h5-8H,3-4,9-10,12-13H2,1-2H3. The lowest BCUT2D eigenvalue weighted by atomic mass is 10.2. The van der Waals surface area contributed by atoms with E-state index in [-0.39, 0.29) is 11.7 Å². The van der Waals surface area contributed by atoms with Gasteiger partial charge in [0.15, 0.2) is 9.84 Å². The molecular formula is C16H22N2O3S. The van der Waals surface area contributed by atoms with E-state index in [9.17, 15) is 13.2 Å². The first-order valence-electron chi connectivity index (χ1n) is 7.39. The van der Waals surface area contributed by atoms with Crippen molar-refractivity contribution in [1.82, 2.24) is 4.90 Å². The maximum absolute atomic E-state index is 12.2. The summed E-state index contributed by atoms with van der Waals surface area (Å²) in [5, 5.41) is 8.72. The number of hydrogen-bond acceptors (Lipinski definition) is 4. The van der Waals surface area contributed by atoms with E-state index >= 15 is 0 Å². The van der Waals surface area contributed by atoms with E-state index in [0.717, 1.165) is 12.8 Å². The second-order valence-corrected chi connectivity index (χ2v) is 7.29. The summed E-state index contributed by atoms with van der Waals surface area (Å²) in [7, 11) is -3.51. The summed E-state index contributed by atoms with van der Waals surface area (Å²) in [5.41, 5.74) is 1.07. The largest absolute Gasteiger partial charge is 0.342 e. The van der Waals surface area contributed by atoms with Gasteiger partial charge in [0.05, 0.1) is 17.4 Å². The molecule has 5 nitrogen and oxygen atoms in total. The molecule has 0 saturated carbocycles. The predicted molar refractivity (Wildman–Crippen MR) is 85.8 cm³/mol. The van der Waals surface area contributed by atoms with Gasteiger partial charge in [0.1, 0.15) is 5.75 Å². The maximum Gasteiger partial charge on any atom is 0.237 e. The molecule has 0 bridgehead atoms. The molecule has 0 aliphatic heterocycles. The fourth-order valence-electron chi connectivity index (χ4n) is 2.16. The van der Waals surface area contributed by atoms with Gasteiger partial charge in [-0.1, -0.05) is 26.0 Å². The quantitative estimate of drug-likeness (QED) is 0.734. The van der Waals surface area contributed by atoms with E-state index in [1.165, 1.54) is 0 Å². The van der Waals surface area contributed by atoms with Gasteiger partial charge in [0.25, 0.3) is 0 Å². The van der Waals surface area contributed by atoms with Gasteiger partial charge in [-0.15, -0.1) is 0 Å². The monoisotopic (exact) mass is 322 g/mol. The van der Waals surface area contributed by atoms with Crippen LogP contribution in [-0.2, 0) is 20.4 Å². The van der Waals surface area contributed by atoms with E-state index in [4.69, 9.17) is 5.26 Å². The van der Waals surface area contributed by atoms with Crippen molar-refractivity contribution in [1.29, 1.82) is 5.26 Å². The van der Waals surface area contributed by atoms with Gasteiger partial charge < -0.3 is 4.90 Å². The molecule has 0 aromatic heterocycles. The molecule has 0 atom stereocenters. The number of sulfone groups is 1. The van der Waals surface area contributed by atoms with Gasteiger partial charge >= 0.3 is 0 Å². The maximum atomic E-state index is 12.2. The normalized spacial score (nSPS) is 11.0. The molecule has 0 aliphatic rings. The Hall–Kier alpha value is -1.87. The third-order valence-corrected chi connectivity index (χ3v) is 4.61. The number of amides is 1. The van der Waals surface area contributed by atoms with E-state index in [1.807, 2.05) is 19.9 Å². The fourth-order valence-corrected chi connectivity index (χ4v) is 3.52. The summed E-state index contributed by atoms with van der Waals surface area (Å²) in [5.74, 6) is -0.985. The summed E-state index contributed by atoms with van der Waals surface area (Å²) >= 11 is 0. The highest BCUT2D eigenvalue weighted by atomic mass is 32.2. The van der Waals surface area contributed by atoms with Crippen molar-refractivity contribution >= 4 is 15.7 Å². The zero-order valence-electron chi connectivity index (χ0n) is 13.1. The molecule has 0 heterocycles. The lowest BCUT2D eigenvalue weighted by molar-refractivity contribution is -0.128. The lowest BCUT2D eigenvalue weighted by Gasteiger charge is -2.21. The van der Waals surface area contributed by atoms with Crippen molar-refractivity contribution < 1.29 is 13.2 Å². The minimum atomic E-state index is -3.51. The molecule has 0 aliphatic carbocycles. The second-order valence-electron chi connectivity index (χ2n) is 5.22. The van der Waals surface area contributed by atoms with Crippen LogP contribution >= 0.6 is 0 Å². The predicted octanol–water partition coefficient (Wildman–Crippen LogP) is 2.12. The summed E-state index contributed by atoms with van der Waals surface area (Å²) in [6.45, 7) is 5.08. The minimum Gasteiger partial charge on any atom is -0.342 e. The van der Waals surface area contributed by atoms with Crippen molar-refractivity contribution in [2.45, 2.75) is 32.4 Å². The zero-order chi connectivity index (χ0) is 16.6. The molecule has 0 spiro atoms. The van der Waals surface area contributed by atoms with Crippen molar-refractivity contribution in [3.8, 4) is 6.07 Å². The Bertz CT molecular complexity index is 624. The average molecular weight is 322 g/mol.